The molecule has 0 radical (unpaired) electrons. The van der Waals surface area contributed by atoms with Crippen LogP contribution in [-0.4, -0.2) is 28.3 Å². The lowest BCUT2D eigenvalue weighted by atomic mass is 9.95. The van der Waals surface area contributed by atoms with E-state index in [1.165, 1.54) is 6.42 Å². The third-order valence-electron chi connectivity index (χ3n) is 6.19. The van der Waals surface area contributed by atoms with Gasteiger partial charge in [-0.3, -0.25) is 4.79 Å². The molecular formula is C29H30N4O2. The van der Waals surface area contributed by atoms with Crippen molar-refractivity contribution in [3.05, 3.63) is 84.1 Å². The number of amides is 1. The van der Waals surface area contributed by atoms with Crippen LogP contribution in [0, 0.1) is 18.3 Å². The van der Waals surface area contributed by atoms with Gasteiger partial charge < -0.3 is 10.1 Å². The van der Waals surface area contributed by atoms with Crippen molar-refractivity contribution in [1.82, 2.24) is 15.1 Å². The van der Waals surface area contributed by atoms with E-state index in [4.69, 9.17) is 9.84 Å². The van der Waals surface area contributed by atoms with Crippen molar-refractivity contribution < 1.29 is 9.53 Å². The van der Waals surface area contributed by atoms with E-state index in [0.717, 1.165) is 48.2 Å². The number of nitrogens with zero attached hydrogens (tertiary/aromatic N) is 3. The minimum Gasteiger partial charge on any atom is -0.490 e. The van der Waals surface area contributed by atoms with Gasteiger partial charge in [-0.25, -0.2) is 4.68 Å². The number of aromatic nitrogens is 2. The number of benzene rings is 2. The van der Waals surface area contributed by atoms with E-state index < -0.39 is 0 Å². The monoisotopic (exact) mass is 466 g/mol. The molecule has 35 heavy (non-hydrogen) atoms. The highest BCUT2D eigenvalue weighted by Gasteiger charge is 2.20. The fraction of sp³-hybridized carbons (Fsp3) is 0.276. The van der Waals surface area contributed by atoms with Crippen molar-refractivity contribution >= 4 is 12.0 Å². The molecule has 0 aliphatic heterocycles. The first-order chi connectivity index (χ1) is 17.1. The number of nitrogens with one attached hydrogen (secondary N) is 1. The lowest BCUT2D eigenvalue weighted by Crippen LogP contribution is -2.36. The van der Waals surface area contributed by atoms with Gasteiger partial charge in [0, 0.05) is 23.4 Å². The molecule has 6 heteroatoms. The molecule has 1 aliphatic rings. The van der Waals surface area contributed by atoms with E-state index in [0.29, 0.717) is 17.9 Å². The lowest BCUT2D eigenvalue weighted by molar-refractivity contribution is -0.117. The minimum absolute atomic E-state index is 0.0769. The van der Waals surface area contributed by atoms with Crippen LogP contribution >= 0.6 is 0 Å². The van der Waals surface area contributed by atoms with E-state index in [1.54, 1.807) is 16.8 Å². The van der Waals surface area contributed by atoms with E-state index in [-0.39, 0.29) is 17.5 Å². The Bertz CT molecular complexity index is 1260. The molecule has 1 heterocycles. The molecule has 4 rings (SSSR count). The van der Waals surface area contributed by atoms with Gasteiger partial charge in [-0.15, -0.1) is 0 Å². The molecule has 1 fully saturated rings. The highest BCUT2D eigenvalue weighted by molar-refractivity contribution is 6.02. The first-order valence-electron chi connectivity index (χ1n) is 12.0. The third-order valence-corrected chi connectivity index (χ3v) is 6.19. The first kappa shape index (κ1) is 24.0. The zero-order valence-electron chi connectivity index (χ0n) is 20.0. The quantitative estimate of drug-likeness (QED) is 0.260. The largest absolute Gasteiger partial charge is 0.490 e. The summed E-state index contributed by atoms with van der Waals surface area (Å²) in [5.74, 6) is 0.415. The summed E-state index contributed by atoms with van der Waals surface area (Å²) >= 11 is 0. The average molecular weight is 467 g/mol. The molecule has 0 atom stereocenters. The second kappa shape index (κ2) is 11.3. The number of ether oxygens (including phenoxy) is 1. The number of carbonyl (C=O) groups is 1. The summed E-state index contributed by atoms with van der Waals surface area (Å²) in [5.41, 5.74) is 4.24. The van der Waals surface area contributed by atoms with E-state index in [1.807, 2.05) is 61.7 Å². The summed E-state index contributed by atoms with van der Waals surface area (Å²) in [6.45, 7) is 6.11. The number of carbonyl (C=O) groups excluding carboxylic acids is 1. The second-order valence-electron chi connectivity index (χ2n) is 8.77. The van der Waals surface area contributed by atoms with Crippen molar-refractivity contribution in [2.45, 2.75) is 45.1 Å². The molecule has 1 N–H and O–H groups in total. The van der Waals surface area contributed by atoms with E-state index in [2.05, 4.69) is 18.0 Å². The Labute approximate surface area is 206 Å². The molecule has 6 nitrogen and oxygen atoms in total. The van der Waals surface area contributed by atoms with Crippen LogP contribution in [0.4, 0.5) is 0 Å². The van der Waals surface area contributed by atoms with Gasteiger partial charge in [0.25, 0.3) is 5.91 Å². The molecule has 1 aromatic heterocycles. The van der Waals surface area contributed by atoms with Gasteiger partial charge in [-0.05, 0) is 61.7 Å². The van der Waals surface area contributed by atoms with Crippen LogP contribution in [0.15, 0.2) is 73.0 Å². The van der Waals surface area contributed by atoms with Crippen LogP contribution in [-0.2, 0) is 4.79 Å². The maximum absolute atomic E-state index is 12.9. The standard InChI is InChI=1S/C29H30N4O2/c1-3-16-35-26-14-15-27(21(2)17-26)28-23(20-33(32-28)25-12-8-5-9-13-25)18-22(19-30)29(34)31-24-10-6-4-7-11-24/h3,5,8-9,12-15,17-18,20,24H,1,4,6-7,10-11,16H2,2H3,(H,31,34)/b22-18+. The summed E-state index contributed by atoms with van der Waals surface area (Å²) in [4.78, 5) is 12.9. The van der Waals surface area contributed by atoms with Crippen LogP contribution in [0.1, 0.15) is 43.2 Å². The molecule has 1 amide bonds. The molecule has 0 unspecified atom stereocenters. The number of nitriles is 1. The van der Waals surface area contributed by atoms with E-state index in [9.17, 15) is 10.1 Å². The van der Waals surface area contributed by atoms with Gasteiger partial charge >= 0.3 is 0 Å². The summed E-state index contributed by atoms with van der Waals surface area (Å²) in [7, 11) is 0. The summed E-state index contributed by atoms with van der Waals surface area (Å²) < 4.78 is 7.44. The fourth-order valence-corrected chi connectivity index (χ4v) is 4.38. The van der Waals surface area contributed by atoms with Crippen molar-refractivity contribution in [2.24, 2.45) is 0 Å². The van der Waals surface area contributed by atoms with Crippen LogP contribution in [0.3, 0.4) is 0 Å². The van der Waals surface area contributed by atoms with E-state index >= 15 is 0 Å². The first-order valence-corrected chi connectivity index (χ1v) is 12.0. The predicted octanol–water partition coefficient (Wildman–Crippen LogP) is 5.77. The van der Waals surface area contributed by atoms with Gasteiger partial charge in [0.05, 0.1) is 5.69 Å². The van der Waals surface area contributed by atoms with Crippen LogP contribution in [0.5, 0.6) is 5.75 Å². The molecule has 3 aromatic rings. The second-order valence-corrected chi connectivity index (χ2v) is 8.77. The van der Waals surface area contributed by atoms with Crippen molar-refractivity contribution in [3.8, 4) is 28.8 Å². The molecule has 1 saturated carbocycles. The molecule has 2 aromatic carbocycles. The molecule has 0 saturated heterocycles. The maximum atomic E-state index is 12.9. The Morgan fingerprint density at radius 3 is 2.69 bits per heavy atom. The summed E-state index contributed by atoms with van der Waals surface area (Å²) in [6.07, 6.45) is 10.5. The SMILES string of the molecule is C=CCOc1ccc(-c2nn(-c3ccccc3)cc2/C=C(\C#N)C(=O)NC2CCCCC2)c(C)c1. The van der Waals surface area contributed by atoms with Gasteiger partial charge in [0.2, 0.25) is 0 Å². The van der Waals surface area contributed by atoms with Gasteiger partial charge in [0.1, 0.15) is 29.7 Å². The van der Waals surface area contributed by atoms with Crippen LogP contribution in [0.2, 0.25) is 0 Å². The summed E-state index contributed by atoms with van der Waals surface area (Å²) in [6, 6.07) is 17.8. The number of hydrogen-bond donors (Lipinski definition) is 1. The number of rotatable bonds is 8. The number of aryl methyl sites for hydroxylation is 1. The van der Waals surface area contributed by atoms with Gasteiger partial charge in [-0.1, -0.05) is 50.1 Å². The lowest BCUT2D eigenvalue weighted by Gasteiger charge is -2.22. The van der Waals surface area contributed by atoms with Gasteiger partial charge in [-0.2, -0.15) is 10.4 Å². The minimum atomic E-state index is -0.331. The Morgan fingerprint density at radius 1 is 1.23 bits per heavy atom. The topological polar surface area (TPSA) is 79.9 Å². The fourth-order valence-electron chi connectivity index (χ4n) is 4.38. The number of hydrogen-bond acceptors (Lipinski definition) is 4. The zero-order valence-corrected chi connectivity index (χ0v) is 20.0. The molecular weight excluding hydrogens is 436 g/mol. The maximum Gasteiger partial charge on any atom is 0.262 e. The molecule has 1 aliphatic carbocycles. The van der Waals surface area contributed by atoms with Crippen molar-refractivity contribution in [3.63, 3.8) is 0 Å². The third kappa shape index (κ3) is 5.88. The van der Waals surface area contributed by atoms with Crippen LogP contribution in [0.25, 0.3) is 23.0 Å². The zero-order chi connectivity index (χ0) is 24.6. The highest BCUT2D eigenvalue weighted by Crippen LogP contribution is 2.31. The predicted molar refractivity (Wildman–Crippen MR) is 138 cm³/mol. The van der Waals surface area contributed by atoms with Crippen molar-refractivity contribution in [2.75, 3.05) is 6.61 Å². The van der Waals surface area contributed by atoms with Crippen molar-refractivity contribution in [1.29, 1.82) is 5.26 Å². The number of para-hydroxylation sites is 1. The highest BCUT2D eigenvalue weighted by atomic mass is 16.5. The molecule has 0 bridgehead atoms. The molecule has 0 spiro atoms. The normalized spacial score (nSPS) is 14.2. The average Bonchev–Trinajstić information content (AvgIpc) is 3.30. The molecule has 178 valence electrons. The smallest absolute Gasteiger partial charge is 0.262 e. The Balaban J connectivity index is 1.72. The summed E-state index contributed by atoms with van der Waals surface area (Å²) in [5, 5.41) is 17.7. The Kier molecular flexibility index (Phi) is 7.79. The van der Waals surface area contributed by atoms with Crippen LogP contribution < -0.4 is 10.1 Å². The Morgan fingerprint density at radius 2 is 2.00 bits per heavy atom. The Hall–Kier alpha value is -4.11. The van der Waals surface area contributed by atoms with Gasteiger partial charge in [0.15, 0.2) is 0 Å².